The zero-order chi connectivity index (χ0) is 21.4. The predicted octanol–water partition coefficient (Wildman–Crippen LogP) is 2.75. The van der Waals surface area contributed by atoms with Gasteiger partial charge in [-0.15, -0.1) is 0 Å². The summed E-state index contributed by atoms with van der Waals surface area (Å²) in [4.78, 5) is 27.8. The first kappa shape index (κ1) is 20.1. The van der Waals surface area contributed by atoms with E-state index in [0.29, 0.717) is 42.0 Å². The van der Waals surface area contributed by atoms with Crippen molar-refractivity contribution in [3.8, 4) is 5.82 Å². The minimum absolute atomic E-state index is 0.00979. The van der Waals surface area contributed by atoms with E-state index in [0.717, 1.165) is 24.6 Å². The van der Waals surface area contributed by atoms with Crippen molar-refractivity contribution >= 4 is 40.6 Å². The molecule has 2 fully saturated rings. The molecule has 4 heterocycles. The molecule has 0 saturated carbocycles. The van der Waals surface area contributed by atoms with Crippen molar-refractivity contribution in [2.24, 2.45) is 5.92 Å². The first-order chi connectivity index (χ1) is 15.1. The fourth-order valence-electron chi connectivity index (χ4n) is 4.02. The average molecular weight is 458 g/mol. The van der Waals surface area contributed by atoms with Crippen molar-refractivity contribution in [1.29, 1.82) is 0 Å². The maximum Gasteiger partial charge on any atom is 0.229 e. The van der Waals surface area contributed by atoms with Gasteiger partial charge in [-0.3, -0.25) is 4.79 Å². The molecule has 0 unspecified atom stereocenters. The molecule has 1 aromatic carbocycles. The Kier molecular flexibility index (Phi) is 5.41. The second-order valence-electron chi connectivity index (χ2n) is 7.67. The number of anilines is 2. The normalized spacial score (nSPS) is 17.0. The van der Waals surface area contributed by atoms with Gasteiger partial charge in [0.25, 0.3) is 0 Å². The van der Waals surface area contributed by atoms with E-state index in [1.165, 1.54) is 6.33 Å². The lowest BCUT2D eigenvalue weighted by Gasteiger charge is -2.43. The topological polar surface area (TPSA) is 70.4 Å². The van der Waals surface area contributed by atoms with Crippen LogP contribution in [-0.2, 0) is 4.79 Å². The quantitative estimate of drug-likeness (QED) is 0.599. The van der Waals surface area contributed by atoms with Crippen LogP contribution in [0.4, 0.5) is 11.5 Å². The van der Waals surface area contributed by atoms with Crippen LogP contribution in [-0.4, -0.2) is 69.8 Å². The molecule has 0 N–H and O–H groups in total. The largest absolute Gasteiger partial charge is 0.367 e. The fourth-order valence-corrected chi connectivity index (χ4v) is 4.44. The summed E-state index contributed by atoms with van der Waals surface area (Å²) in [5.74, 6) is 1.71. The fraction of sp³-hybridized carbons (Fsp3) is 0.333. The lowest BCUT2D eigenvalue weighted by atomic mass is 9.98. The molecule has 0 spiro atoms. The zero-order valence-corrected chi connectivity index (χ0v) is 18.2. The summed E-state index contributed by atoms with van der Waals surface area (Å²) in [5, 5.41) is 5.32. The van der Waals surface area contributed by atoms with Crippen molar-refractivity contribution < 1.29 is 4.79 Å². The highest BCUT2D eigenvalue weighted by Crippen LogP contribution is 2.33. The molecule has 1 amide bonds. The number of piperazine rings is 1. The van der Waals surface area contributed by atoms with Crippen LogP contribution in [0.1, 0.15) is 0 Å². The maximum atomic E-state index is 13.0. The number of rotatable bonds is 4. The number of halogens is 2. The van der Waals surface area contributed by atoms with Crippen molar-refractivity contribution in [1.82, 2.24) is 24.6 Å². The second kappa shape index (κ2) is 8.36. The van der Waals surface area contributed by atoms with Crippen LogP contribution in [0.5, 0.6) is 0 Å². The predicted molar refractivity (Wildman–Crippen MR) is 120 cm³/mol. The summed E-state index contributed by atoms with van der Waals surface area (Å²) < 4.78 is 1.69. The van der Waals surface area contributed by atoms with Gasteiger partial charge in [-0.2, -0.15) is 5.10 Å². The number of nitrogens with zero attached hydrogens (tertiary/aromatic N) is 7. The summed E-state index contributed by atoms with van der Waals surface area (Å²) in [6.45, 7) is 4.15. The molecule has 0 radical (unpaired) electrons. The molecule has 0 aliphatic carbocycles. The van der Waals surface area contributed by atoms with E-state index in [9.17, 15) is 4.79 Å². The molecule has 8 nitrogen and oxygen atoms in total. The number of hydrogen-bond acceptors (Lipinski definition) is 6. The SMILES string of the molecule is O=C(C1CN(c2cc(-n3cccn3)ncn2)C1)N1CCN(c2cccc(Cl)c2Cl)CC1. The van der Waals surface area contributed by atoms with Crippen molar-refractivity contribution in [2.45, 2.75) is 0 Å². The molecule has 3 aromatic rings. The number of amides is 1. The molecule has 2 aliphatic rings. The van der Waals surface area contributed by atoms with Crippen LogP contribution in [0.25, 0.3) is 5.82 Å². The van der Waals surface area contributed by atoms with Gasteiger partial charge in [0.15, 0.2) is 5.82 Å². The Hall–Kier alpha value is -2.84. The summed E-state index contributed by atoms with van der Waals surface area (Å²) in [7, 11) is 0. The van der Waals surface area contributed by atoms with Gasteiger partial charge < -0.3 is 14.7 Å². The Morgan fingerprint density at radius 1 is 0.968 bits per heavy atom. The van der Waals surface area contributed by atoms with Crippen molar-refractivity contribution in [3.63, 3.8) is 0 Å². The monoisotopic (exact) mass is 457 g/mol. The van der Waals surface area contributed by atoms with Crippen LogP contribution < -0.4 is 9.80 Å². The summed E-state index contributed by atoms with van der Waals surface area (Å²) in [6.07, 6.45) is 5.08. The highest BCUT2D eigenvalue weighted by Gasteiger charge is 2.37. The number of benzene rings is 1. The van der Waals surface area contributed by atoms with E-state index < -0.39 is 0 Å². The number of carbonyl (C=O) groups excluding carboxylic acids is 1. The van der Waals surface area contributed by atoms with Gasteiger partial charge in [-0.05, 0) is 18.2 Å². The number of hydrogen-bond donors (Lipinski definition) is 0. The lowest BCUT2D eigenvalue weighted by molar-refractivity contribution is -0.136. The summed E-state index contributed by atoms with van der Waals surface area (Å²) in [6, 6.07) is 9.39. The van der Waals surface area contributed by atoms with E-state index in [4.69, 9.17) is 23.2 Å². The first-order valence-electron chi connectivity index (χ1n) is 10.1. The van der Waals surface area contributed by atoms with Crippen LogP contribution in [0, 0.1) is 5.92 Å². The van der Waals surface area contributed by atoms with Crippen LogP contribution in [0.15, 0.2) is 49.1 Å². The lowest BCUT2D eigenvalue weighted by Crippen LogP contribution is -2.58. The third-order valence-corrected chi connectivity index (χ3v) is 6.60. The molecule has 2 saturated heterocycles. The van der Waals surface area contributed by atoms with E-state index in [1.807, 2.05) is 35.4 Å². The zero-order valence-electron chi connectivity index (χ0n) is 16.7. The second-order valence-corrected chi connectivity index (χ2v) is 8.46. The maximum absolute atomic E-state index is 13.0. The van der Waals surface area contributed by atoms with Gasteiger partial charge in [0, 0.05) is 57.7 Å². The molecular formula is C21H21Cl2N7O. The molecule has 5 rings (SSSR count). The Morgan fingerprint density at radius 2 is 1.74 bits per heavy atom. The Labute approximate surface area is 190 Å². The van der Waals surface area contributed by atoms with Crippen molar-refractivity contribution in [2.75, 3.05) is 49.1 Å². The number of carbonyl (C=O) groups is 1. The number of aromatic nitrogens is 4. The molecule has 2 aromatic heterocycles. The third kappa shape index (κ3) is 3.93. The molecule has 10 heteroatoms. The van der Waals surface area contributed by atoms with Gasteiger partial charge in [0.05, 0.1) is 21.7 Å². The Balaban J connectivity index is 1.16. The van der Waals surface area contributed by atoms with E-state index in [2.05, 4.69) is 24.9 Å². The van der Waals surface area contributed by atoms with E-state index in [-0.39, 0.29) is 11.8 Å². The Morgan fingerprint density at radius 3 is 2.48 bits per heavy atom. The minimum Gasteiger partial charge on any atom is -0.367 e. The molecule has 160 valence electrons. The molecular weight excluding hydrogens is 437 g/mol. The van der Waals surface area contributed by atoms with Gasteiger partial charge in [0.2, 0.25) is 5.91 Å². The standard InChI is InChI=1S/C21H21Cl2N7O/c22-16-3-1-4-17(20(16)23)27-7-9-28(10-8-27)21(31)15-12-29(13-15)18-11-19(25-14-24-18)30-6-2-5-26-30/h1-6,11,14-15H,7-10,12-13H2. The average Bonchev–Trinajstić information content (AvgIpc) is 3.30. The van der Waals surface area contributed by atoms with Crippen LogP contribution in [0.3, 0.4) is 0 Å². The molecule has 0 bridgehead atoms. The van der Waals surface area contributed by atoms with Crippen LogP contribution in [0.2, 0.25) is 10.0 Å². The van der Waals surface area contributed by atoms with Gasteiger partial charge >= 0.3 is 0 Å². The summed E-state index contributed by atoms with van der Waals surface area (Å²) >= 11 is 12.5. The third-order valence-electron chi connectivity index (χ3n) is 5.80. The van der Waals surface area contributed by atoms with E-state index in [1.54, 1.807) is 16.9 Å². The van der Waals surface area contributed by atoms with Gasteiger partial charge in [-0.1, -0.05) is 29.3 Å². The highest BCUT2D eigenvalue weighted by molar-refractivity contribution is 6.43. The van der Waals surface area contributed by atoms with Gasteiger partial charge in [-0.25, -0.2) is 14.6 Å². The molecule has 31 heavy (non-hydrogen) atoms. The minimum atomic E-state index is -0.00979. The molecule has 0 atom stereocenters. The smallest absolute Gasteiger partial charge is 0.229 e. The van der Waals surface area contributed by atoms with Crippen LogP contribution >= 0.6 is 23.2 Å². The van der Waals surface area contributed by atoms with Crippen molar-refractivity contribution in [3.05, 3.63) is 59.1 Å². The Bertz CT molecular complexity index is 1080. The molecule has 2 aliphatic heterocycles. The van der Waals surface area contributed by atoms with E-state index >= 15 is 0 Å². The highest BCUT2D eigenvalue weighted by atomic mass is 35.5. The summed E-state index contributed by atoms with van der Waals surface area (Å²) in [5.41, 5.74) is 0.924. The van der Waals surface area contributed by atoms with Gasteiger partial charge in [0.1, 0.15) is 12.1 Å². The first-order valence-corrected chi connectivity index (χ1v) is 10.9.